The summed E-state index contributed by atoms with van der Waals surface area (Å²) in [6.45, 7) is 0.876. The summed E-state index contributed by atoms with van der Waals surface area (Å²) in [5.41, 5.74) is 5.61. The van der Waals surface area contributed by atoms with Gasteiger partial charge in [-0.05, 0) is 30.3 Å². The fraction of sp³-hybridized carbons (Fsp3) is 0.188. The van der Waals surface area contributed by atoms with Gasteiger partial charge in [0.05, 0.1) is 11.3 Å². The topological polar surface area (TPSA) is 63.6 Å². The van der Waals surface area contributed by atoms with Gasteiger partial charge < -0.3 is 10.2 Å². The van der Waals surface area contributed by atoms with Crippen molar-refractivity contribution >= 4 is 23.4 Å². The van der Waals surface area contributed by atoms with Gasteiger partial charge in [0.25, 0.3) is 0 Å². The molecule has 2 aromatic rings. The van der Waals surface area contributed by atoms with Crippen LogP contribution in [-0.2, 0) is 0 Å². The van der Waals surface area contributed by atoms with Crippen LogP contribution in [0, 0.1) is 5.92 Å². The fourth-order valence-electron chi connectivity index (χ4n) is 2.59. The average molecular weight is 311 g/mol. The molecule has 22 heavy (non-hydrogen) atoms. The Bertz CT molecular complexity index is 761. The monoisotopic (exact) mass is 311 g/mol. The molecule has 1 N–H and O–H groups in total. The zero-order valence-corrected chi connectivity index (χ0v) is 12.5. The van der Waals surface area contributed by atoms with Gasteiger partial charge >= 0.3 is 5.97 Å². The molecule has 0 aliphatic carbocycles. The van der Waals surface area contributed by atoms with Crippen molar-refractivity contribution in [1.29, 1.82) is 0 Å². The summed E-state index contributed by atoms with van der Waals surface area (Å²) >= 11 is 1.82. The summed E-state index contributed by atoms with van der Waals surface area (Å²) in [5.74, 6) is 1.60. The van der Waals surface area contributed by atoms with Crippen LogP contribution in [-0.4, -0.2) is 29.0 Å². The number of esters is 1. The van der Waals surface area contributed by atoms with Gasteiger partial charge in [-0.1, -0.05) is 0 Å². The highest BCUT2D eigenvalue weighted by molar-refractivity contribution is 7.99. The molecule has 0 fully saturated rings. The molecule has 0 saturated heterocycles. The molecular weight excluding hydrogens is 298 g/mol. The first-order chi connectivity index (χ1) is 10.8. The lowest BCUT2D eigenvalue weighted by atomic mass is 9.98. The Morgan fingerprint density at radius 1 is 1.36 bits per heavy atom. The number of hydrogen-bond acceptors (Lipinski definition) is 6. The third-order valence-corrected chi connectivity index (χ3v) is 4.93. The average Bonchev–Trinajstić information content (AvgIpc) is 3.05. The van der Waals surface area contributed by atoms with E-state index >= 15 is 0 Å². The van der Waals surface area contributed by atoms with Crippen LogP contribution in [0.25, 0.3) is 0 Å². The maximum Gasteiger partial charge on any atom is 0.345 e. The summed E-state index contributed by atoms with van der Waals surface area (Å²) in [4.78, 5) is 17.2. The summed E-state index contributed by atoms with van der Waals surface area (Å²) in [5, 5.41) is 4.38. The lowest BCUT2D eigenvalue weighted by Gasteiger charge is -2.21. The molecule has 6 heteroatoms. The van der Waals surface area contributed by atoms with Crippen LogP contribution in [0.4, 0.5) is 0 Å². The third-order valence-electron chi connectivity index (χ3n) is 3.70. The Labute approximate surface area is 131 Å². The predicted molar refractivity (Wildman–Crippen MR) is 84.4 cm³/mol. The molecule has 0 bridgehead atoms. The van der Waals surface area contributed by atoms with Crippen LogP contribution in [0.3, 0.4) is 0 Å². The second-order valence-electron chi connectivity index (χ2n) is 5.16. The van der Waals surface area contributed by atoms with Crippen molar-refractivity contribution in [2.24, 2.45) is 11.0 Å². The van der Waals surface area contributed by atoms with Crippen molar-refractivity contribution in [3.8, 4) is 5.75 Å². The Balaban J connectivity index is 1.62. The quantitative estimate of drug-likeness (QED) is 0.681. The number of aromatic nitrogens is 1. The van der Waals surface area contributed by atoms with E-state index in [9.17, 15) is 4.79 Å². The highest BCUT2D eigenvalue weighted by Gasteiger charge is 2.29. The van der Waals surface area contributed by atoms with Crippen LogP contribution in [0.15, 0.2) is 52.7 Å². The number of benzene rings is 1. The van der Waals surface area contributed by atoms with Gasteiger partial charge in [0.2, 0.25) is 0 Å². The first-order valence-corrected chi connectivity index (χ1v) is 8.00. The fourth-order valence-corrected chi connectivity index (χ4v) is 3.73. The van der Waals surface area contributed by atoms with Crippen LogP contribution < -0.4 is 10.2 Å². The molecule has 5 nitrogen and oxygen atoms in total. The molecule has 0 radical (unpaired) electrons. The van der Waals surface area contributed by atoms with E-state index in [0.29, 0.717) is 17.2 Å². The lowest BCUT2D eigenvalue weighted by molar-refractivity contribution is 0.0734. The smallest absolute Gasteiger partial charge is 0.345 e. The van der Waals surface area contributed by atoms with Crippen LogP contribution >= 0.6 is 11.8 Å². The third kappa shape index (κ3) is 2.35. The van der Waals surface area contributed by atoms with Crippen molar-refractivity contribution < 1.29 is 9.53 Å². The summed E-state index contributed by atoms with van der Waals surface area (Å²) < 4.78 is 5.45. The van der Waals surface area contributed by atoms with E-state index in [0.717, 1.165) is 23.6 Å². The van der Waals surface area contributed by atoms with Gasteiger partial charge in [0.1, 0.15) is 5.75 Å². The number of rotatable bonds is 2. The molecule has 1 aromatic carbocycles. The minimum absolute atomic E-state index is 0.403. The number of fused-ring (bicyclic) bond motifs is 3. The molecule has 0 spiro atoms. The molecule has 1 unspecified atom stereocenters. The van der Waals surface area contributed by atoms with Crippen LogP contribution in [0.5, 0.6) is 5.75 Å². The van der Waals surface area contributed by atoms with Gasteiger partial charge in [-0.15, -0.1) is 11.8 Å². The van der Waals surface area contributed by atoms with E-state index in [4.69, 9.17) is 4.74 Å². The van der Waals surface area contributed by atoms with Gasteiger partial charge in [0.15, 0.2) is 0 Å². The zero-order valence-electron chi connectivity index (χ0n) is 11.7. The molecule has 0 amide bonds. The minimum atomic E-state index is -0.403. The number of carbonyl (C=O) groups is 1. The molecular formula is C16H13N3O2S. The maximum absolute atomic E-state index is 12.1. The summed E-state index contributed by atoms with van der Waals surface area (Å²) in [6, 6.07) is 9.11. The molecule has 110 valence electrons. The number of nitrogens with zero attached hydrogens (tertiary/aromatic N) is 2. The second kappa shape index (κ2) is 5.46. The summed E-state index contributed by atoms with van der Waals surface area (Å²) in [7, 11) is 0. The SMILES string of the molecule is O=C(Oc1ccc2c(c1)C1=NNCC1CS2)c1cccnc1. The van der Waals surface area contributed by atoms with E-state index in [1.54, 1.807) is 18.3 Å². The van der Waals surface area contributed by atoms with E-state index in [1.807, 2.05) is 30.0 Å². The molecule has 2 aliphatic heterocycles. The van der Waals surface area contributed by atoms with E-state index in [2.05, 4.69) is 15.5 Å². The molecule has 1 aromatic heterocycles. The largest absolute Gasteiger partial charge is 0.423 e. The number of carbonyl (C=O) groups excluding carboxylic acids is 1. The first kappa shape index (κ1) is 13.3. The van der Waals surface area contributed by atoms with E-state index in [1.165, 1.54) is 11.1 Å². The lowest BCUT2D eigenvalue weighted by Crippen LogP contribution is -2.23. The van der Waals surface area contributed by atoms with Gasteiger partial charge in [-0.3, -0.25) is 4.98 Å². The van der Waals surface area contributed by atoms with Crippen LogP contribution in [0.2, 0.25) is 0 Å². The van der Waals surface area contributed by atoms with Crippen molar-refractivity contribution in [3.05, 3.63) is 53.9 Å². The number of ether oxygens (including phenoxy) is 1. The second-order valence-corrected chi connectivity index (χ2v) is 6.22. The highest BCUT2D eigenvalue weighted by Crippen LogP contribution is 2.36. The number of hydrogen-bond donors (Lipinski definition) is 1. The number of hydrazone groups is 1. The maximum atomic E-state index is 12.1. The molecule has 2 aliphatic rings. The van der Waals surface area contributed by atoms with Gasteiger partial charge in [0, 0.05) is 41.1 Å². The predicted octanol–water partition coefficient (Wildman–Crippen LogP) is 2.33. The molecule has 3 heterocycles. The van der Waals surface area contributed by atoms with Gasteiger partial charge in [-0.25, -0.2) is 4.79 Å². The molecule has 4 rings (SSSR count). The number of thioether (sulfide) groups is 1. The summed E-state index contributed by atoms with van der Waals surface area (Å²) in [6.07, 6.45) is 3.12. The van der Waals surface area contributed by atoms with Gasteiger partial charge in [-0.2, -0.15) is 5.10 Å². The minimum Gasteiger partial charge on any atom is -0.423 e. The Hall–Kier alpha value is -2.34. The van der Waals surface area contributed by atoms with Crippen molar-refractivity contribution in [2.45, 2.75) is 4.90 Å². The highest BCUT2D eigenvalue weighted by atomic mass is 32.2. The van der Waals surface area contributed by atoms with Crippen molar-refractivity contribution in [1.82, 2.24) is 10.4 Å². The van der Waals surface area contributed by atoms with E-state index in [-0.39, 0.29) is 0 Å². The normalized spacial score (nSPS) is 18.7. The standard InChI is InChI=1S/C16H13N3O2S/c20-16(10-2-1-5-17-7-10)21-12-3-4-14-13(6-12)15-11(9-22-14)8-18-19-15/h1-7,11,18H,8-9H2. The van der Waals surface area contributed by atoms with Crippen molar-refractivity contribution in [3.63, 3.8) is 0 Å². The Morgan fingerprint density at radius 3 is 3.18 bits per heavy atom. The Morgan fingerprint density at radius 2 is 2.32 bits per heavy atom. The number of nitrogens with one attached hydrogen (secondary N) is 1. The van der Waals surface area contributed by atoms with E-state index < -0.39 is 5.97 Å². The van der Waals surface area contributed by atoms with Crippen molar-refractivity contribution in [2.75, 3.05) is 12.3 Å². The Kier molecular flexibility index (Phi) is 3.31. The first-order valence-electron chi connectivity index (χ1n) is 7.01. The zero-order chi connectivity index (χ0) is 14.9. The van der Waals surface area contributed by atoms with Crippen LogP contribution in [0.1, 0.15) is 15.9 Å². The molecule has 0 saturated carbocycles. The number of pyridine rings is 1. The molecule has 1 atom stereocenters.